The fraction of sp³-hybridized carbons (Fsp3) is 0.143. The van der Waals surface area contributed by atoms with Gasteiger partial charge in [-0.15, -0.1) is 0 Å². The predicted molar refractivity (Wildman–Crippen MR) is 100 cm³/mol. The first kappa shape index (κ1) is 17.5. The van der Waals surface area contributed by atoms with Crippen molar-refractivity contribution in [2.24, 2.45) is 0 Å². The second kappa shape index (κ2) is 7.70. The molecule has 3 rings (SSSR count). The van der Waals surface area contributed by atoms with Crippen molar-refractivity contribution in [3.63, 3.8) is 0 Å². The third-order valence-electron chi connectivity index (χ3n) is 4.03. The first-order valence-corrected chi connectivity index (χ1v) is 8.32. The largest absolute Gasteiger partial charge is 0.459 e. The molecule has 0 spiro atoms. The average Bonchev–Trinajstić information content (AvgIpc) is 3.19. The number of rotatable bonds is 6. The minimum absolute atomic E-state index is 0.152. The topological polar surface area (TPSA) is 71.3 Å². The monoisotopic (exact) mass is 348 g/mol. The highest BCUT2D eigenvalue weighted by Gasteiger charge is 2.24. The predicted octanol–water partition coefficient (Wildman–Crippen LogP) is 3.95. The highest BCUT2D eigenvalue weighted by atomic mass is 16.3. The van der Waals surface area contributed by atoms with Gasteiger partial charge in [0.2, 0.25) is 5.78 Å². The molecule has 0 aliphatic rings. The number of carbonyl (C=O) groups is 2. The zero-order valence-electron chi connectivity index (χ0n) is 14.7. The molecule has 26 heavy (non-hydrogen) atoms. The molecule has 5 heteroatoms. The fourth-order valence-electron chi connectivity index (χ4n) is 2.59. The van der Waals surface area contributed by atoms with E-state index in [0.717, 1.165) is 16.8 Å². The van der Waals surface area contributed by atoms with Gasteiger partial charge in [0.25, 0.3) is 5.91 Å². The summed E-state index contributed by atoms with van der Waals surface area (Å²) in [6, 6.07) is 17.9. The van der Waals surface area contributed by atoms with Gasteiger partial charge in [0.05, 0.1) is 6.26 Å². The van der Waals surface area contributed by atoms with Crippen LogP contribution in [0.5, 0.6) is 0 Å². The molecular formula is C21H20N2O3. The highest BCUT2D eigenvalue weighted by molar-refractivity contribution is 6.04. The van der Waals surface area contributed by atoms with Crippen LogP contribution in [0.3, 0.4) is 0 Å². The van der Waals surface area contributed by atoms with Crippen LogP contribution in [-0.2, 0) is 0 Å². The van der Waals surface area contributed by atoms with Gasteiger partial charge in [0.15, 0.2) is 11.9 Å². The SMILES string of the molecule is Cc1ccc(C)c(N[C@H](NC(=O)c2ccco2)C(=O)c2ccccc2)c1. The number of benzene rings is 2. The quantitative estimate of drug-likeness (QED) is 0.523. The van der Waals surface area contributed by atoms with Crippen LogP contribution in [0, 0.1) is 13.8 Å². The van der Waals surface area contributed by atoms with Crippen LogP contribution >= 0.6 is 0 Å². The molecule has 0 bridgehead atoms. The lowest BCUT2D eigenvalue weighted by Crippen LogP contribution is -2.46. The van der Waals surface area contributed by atoms with E-state index in [-0.39, 0.29) is 11.5 Å². The minimum Gasteiger partial charge on any atom is -0.459 e. The van der Waals surface area contributed by atoms with Crippen molar-refractivity contribution in [1.29, 1.82) is 0 Å². The van der Waals surface area contributed by atoms with E-state index in [4.69, 9.17) is 4.42 Å². The summed E-state index contributed by atoms with van der Waals surface area (Å²) in [6.07, 6.45) is 0.497. The summed E-state index contributed by atoms with van der Waals surface area (Å²) in [6.45, 7) is 3.92. The fourth-order valence-corrected chi connectivity index (χ4v) is 2.59. The Hall–Kier alpha value is -3.34. The molecule has 132 valence electrons. The van der Waals surface area contributed by atoms with Crippen molar-refractivity contribution < 1.29 is 14.0 Å². The van der Waals surface area contributed by atoms with E-state index in [1.807, 2.05) is 38.1 Å². The molecule has 0 radical (unpaired) electrons. The van der Waals surface area contributed by atoms with Crippen molar-refractivity contribution >= 4 is 17.4 Å². The summed E-state index contributed by atoms with van der Waals surface area (Å²) < 4.78 is 5.12. The van der Waals surface area contributed by atoms with E-state index < -0.39 is 12.1 Å². The number of carbonyl (C=O) groups excluding carboxylic acids is 2. The van der Waals surface area contributed by atoms with E-state index in [2.05, 4.69) is 10.6 Å². The molecule has 0 unspecified atom stereocenters. The molecule has 2 N–H and O–H groups in total. The molecule has 2 aromatic carbocycles. The minimum atomic E-state index is -0.921. The van der Waals surface area contributed by atoms with Crippen LogP contribution in [0.15, 0.2) is 71.3 Å². The Bertz CT molecular complexity index is 902. The van der Waals surface area contributed by atoms with Crippen molar-refractivity contribution in [2.45, 2.75) is 20.0 Å². The third-order valence-corrected chi connectivity index (χ3v) is 4.03. The van der Waals surface area contributed by atoms with Crippen molar-refractivity contribution in [1.82, 2.24) is 5.32 Å². The lowest BCUT2D eigenvalue weighted by molar-refractivity contribution is 0.0852. The maximum absolute atomic E-state index is 12.9. The van der Waals surface area contributed by atoms with Gasteiger partial charge in [0, 0.05) is 11.3 Å². The normalized spacial score (nSPS) is 11.6. The average molecular weight is 348 g/mol. The molecule has 0 aliphatic carbocycles. The van der Waals surface area contributed by atoms with E-state index in [0.29, 0.717) is 5.56 Å². The van der Waals surface area contributed by atoms with Crippen LogP contribution < -0.4 is 10.6 Å². The number of hydrogen-bond acceptors (Lipinski definition) is 4. The number of aryl methyl sites for hydroxylation is 2. The molecule has 0 aliphatic heterocycles. The molecule has 1 amide bonds. The molecule has 1 atom stereocenters. The summed E-state index contributed by atoms with van der Waals surface area (Å²) in [5.41, 5.74) is 3.34. The molecule has 0 saturated heterocycles. The number of ketones is 1. The van der Waals surface area contributed by atoms with Gasteiger partial charge in [-0.2, -0.15) is 0 Å². The second-order valence-electron chi connectivity index (χ2n) is 6.08. The van der Waals surface area contributed by atoms with Gasteiger partial charge in [-0.1, -0.05) is 42.5 Å². The van der Waals surface area contributed by atoms with Crippen LogP contribution in [0.2, 0.25) is 0 Å². The zero-order valence-corrected chi connectivity index (χ0v) is 14.7. The molecule has 0 fully saturated rings. The van der Waals surface area contributed by atoms with Crippen LogP contribution in [0.4, 0.5) is 5.69 Å². The Kier molecular flexibility index (Phi) is 5.17. The second-order valence-corrected chi connectivity index (χ2v) is 6.08. The van der Waals surface area contributed by atoms with Crippen LogP contribution in [0.1, 0.15) is 32.0 Å². The number of amides is 1. The maximum atomic E-state index is 12.9. The summed E-state index contributed by atoms with van der Waals surface area (Å²) in [5.74, 6) is -0.535. The standard InChI is InChI=1S/C21H20N2O3/c1-14-10-11-15(2)17(13-14)22-20(19(24)16-7-4-3-5-8-16)23-21(25)18-9-6-12-26-18/h3-13,20,22H,1-2H3,(H,23,25)/t20-/m1/s1. The number of hydrogen-bond donors (Lipinski definition) is 2. The lowest BCUT2D eigenvalue weighted by atomic mass is 10.1. The summed E-state index contributed by atoms with van der Waals surface area (Å²) in [5, 5.41) is 5.88. The molecular weight excluding hydrogens is 328 g/mol. The molecule has 1 heterocycles. The lowest BCUT2D eigenvalue weighted by Gasteiger charge is -2.21. The summed E-state index contributed by atoms with van der Waals surface area (Å²) in [4.78, 5) is 25.3. The highest BCUT2D eigenvalue weighted by Crippen LogP contribution is 2.18. The van der Waals surface area contributed by atoms with Crippen LogP contribution in [-0.4, -0.2) is 17.9 Å². The Morgan fingerprint density at radius 1 is 0.962 bits per heavy atom. The number of Topliss-reactive ketones (excluding diaryl/α,β-unsaturated/α-hetero) is 1. The summed E-state index contributed by atoms with van der Waals surface area (Å²) in [7, 11) is 0. The van der Waals surface area contributed by atoms with Gasteiger partial charge >= 0.3 is 0 Å². The Labute approximate surface area is 152 Å². The first-order chi connectivity index (χ1) is 12.5. The van der Waals surface area contributed by atoms with Gasteiger partial charge in [-0.25, -0.2) is 0 Å². The van der Waals surface area contributed by atoms with E-state index in [1.165, 1.54) is 6.26 Å². The van der Waals surface area contributed by atoms with Gasteiger partial charge in [0.1, 0.15) is 0 Å². The van der Waals surface area contributed by atoms with E-state index >= 15 is 0 Å². The number of nitrogens with one attached hydrogen (secondary N) is 2. The smallest absolute Gasteiger partial charge is 0.288 e. The first-order valence-electron chi connectivity index (χ1n) is 8.32. The maximum Gasteiger partial charge on any atom is 0.288 e. The molecule has 1 aromatic heterocycles. The summed E-state index contributed by atoms with van der Waals surface area (Å²) >= 11 is 0. The molecule has 5 nitrogen and oxygen atoms in total. The van der Waals surface area contributed by atoms with Gasteiger partial charge < -0.3 is 15.1 Å². The van der Waals surface area contributed by atoms with E-state index in [1.54, 1.807) is 36.4 Å². The van der Waals surface area contributed by atoms with Crippen molar-refractivity contribution in [3.8, 4) is 0 Å². The molecule has 0 saturated carbocycles. The van der Waals surface area contributed by atoms with Gasteiger partial charge in [-0.3, -0.25) is 9.59 Å². The van der Waals surface area contributed by atoms with Crippen molar-refractivity contribution in [2.75, 3.05) is 5.32 Å². The number of furan rings is 1. The van der Waals surface area contributed by atoms with Gasteiger partial charge in [-0.05, 0) is 43.2 Å². The zero-order chi connectivity index (χ0) is 18.5. The molecule has 3 aromatic rings. The third kappa shape index (κ3) is 4.00. The van der Waals surface area contributed by atoms with Crippen LogP contribution in [0.25, 0.3) is 0 Å². The Balaban J connectivity index is 1.89. The van der Waals surface area contributed by atoms with Crippen molar-refractivity contribution in [3.05, 3.63) is 89.4 Å². The number of anilines is 1. The van der Waals surface area contributed by atoms with E-state index in [9.17, 15) is 9.59 Å². The Morgan fingerprint density at radius 2 is 1.73 bits per heavy atom. The Morgan fingerprint density at radius 3 is 2.42 bits per heavy atom.